The summed E-state index contributed by atoms with van der Waals surface area (Å²) < 4.78 is 0. The quantitative estimate of drug-likeness (QED) is 0.853. The molecule has 0 aromatic heterocycles. The fraction of sp³-hybridized carbons (Fsp3) is 0.533. The molecule has 1 aliphatic carbocycles. The summed E-state index contributed by atoms with van der Waals surface area (Å²) in [6.45, 7) is 4.18. The van der Waals surface area contributed by atoms with Gasteiger partial charge in [-0.05, 0) is 56.4 Å². The number of nitrogens with one attached hydrogen (secondary N) is 1. The zero-order valence-corrected chi connectivity index (χ0v) is 11.1. The Balaban J connectivity index is 2.06. The van der Waals surface area contributed by atoms with E-state index in [9.17, 15) is 4.79 Å². The maximum atomic E-state index is 10.9. The summed E-state index contributed by atoms with van der Waals surface area (Å²) in [5.74, 6) is -0.114. The number of anilines is 1. The number of carboxylic acid groups (broad SMARTS) is 1. The van der Waals surface area contributed by atoms with E-state index >= 15 is 0 Å². The zero-order valence-electron chi connectivity index (χ0n) is 11.1. The first-order chi connectivity index (χ1) is 8.58. The van der Waals surface area contributed by atoms with Crippen molar-refractivity contribution >= 4 is 11.7 Å². The van der Waals surface area contributed by atoms with Gasteiger partial charge in [-0.15, -0.1) is 0 Å². The summed E-state index contributed by atoms with van der Waals surface area (Å²) in [6.07, 6.45) is 5.29. The fourth-order valence-electron chi connectivity index (χ4n) is 2.78. The Morgan fingerprint density at radius 1 is 1.39 bits per heavy atom. The Kier molecular flexibility index (Phi) is 3.90. The van der Waals surface area contributed by atoms with Gasteiger partial charge >= 0.3 is 5.97 Å². The highest BCUT2D eigenvalue weighted by atomic mass is 16.4. The average Bonchev–Trinajstić information content (AvgIpc) is 2.85. The first-order valence-electron chi connectivity index (χ1n) is 6.68. The molecule has 0 bridgehead atoms. The molecule has 1 aromatic rings. The molecule has 1 atom stereocenters. The molecule has 0 amide bonds. The maximum absolute atomic E-state index is 10.9. The summed E-state index contributed by atoms with van der Waals surface area (Å²) in [4.78, 5) is 10.9. The van der Waals surface area contributed by atoms with Crippen LogP contribution in [0.25, 0.3) is 0 Å². The predicted molar refractivity (Wildman–Crippen MR) is 73.2 cm³/mol. The molecule has 0 spiro atoms. The van der Waals surface area contributed by atoms with Crippen molar-refractivity contribution in [2.24, 2.45) is 5.92 Å². The molecule has 3 heteroatoms. The first kappa shape index (κ1) is 12.9. The van der Waals surface area contributed by atoms with Gasteiger partial charge in [-0.25, -0.2) is 4.79 Å². The predicted octanol–water partition coefficient (Wildman–Crippen LogP) is 3.68. The second kappa shape index (κ2) is 5.42. The number of rotatable bonds is 4. The van der Waals surface area contributed by atoms with Crippen LogP contribution >= 0.6 is 0 Å². The second-order valence-electron chi connectivity index (χ2n) is 5.31. The monoisotopic (exact) mass is 247 g/mol. The van der Waals surface area contributed by atoms with Gasteiger partial charge in [0.1, 0.15) is 0 Å². The lowest BCUT2D eigenvalue weighted by Crippen LogP contribution is -2.24. The van der Waals surface area contributed by atoms with E-state index < -0.39 is 5.97 Å². The molecule has 2 rings (SSSR count). The van der Waals surface area contributed by atoms with E-state index in [1.807, 2.05) is 13.0 Å². The Morgan fingerprint density at radius 2 is 2.06 bits per heavy atom. The van der Waals surface area contributed by atoms with E-state index in [0.29, 0.717) is 11.6 Å². The third-order valence-corrected chi connectivity index (χ3v) is 3.96. The molecule has 1 unspecified atom stereocenters. The van der Waals surface area contributed by atoms with Crippen LogP contribution in [-0.4, -0.2) is 17.1 Å². The number of benzene rings is 1. The van der Waals surface area contributed by atoms with Crippen LogP contribution in [0.15, 0.2) is 18.2 Å². The number of aryl methyl sites for hydroxylation is 1. The normalized spacial score (nSPS) is 17.7. The third kappa shape index (κ3) is 2.84. The van der Waals surface area contributed by atoms with Gasteiger partial charge in [0.05, 0.1) is 5.56 Å². The van der Waals surface area contributed by atoms with Crippen LogP contribution in [0.4, 0.5) is 5.69 Å². The van der Waals surface area contributed by atoms with E-state index in [4.69, 9.17) is 5.11 Å². The molecule has 1 aromatic carbocycles. The first-order valence-corrected chi connectivity index (χ1v) is 6.68. The van der Waals surface area contributed by atoms with Gasteiger partial charge in [0.2, 0.25) is 0 Å². The number of hydrogen-bond acceptors (Lipinski definition) is 2. The third-order valence-electron chi connectivity index (χ3n) is 3.96. The van der Waals surface area contributed by atoms with Crippen molar-refractivity contribution in [2.75, 3.05) is 5.32 Å². The van der Waals surface area contributed by atoms with Gasteiger partial charge in [-0.1, -0.05) is 12.8 Å². The largest absolute Gasteiger partial charge is 0.478 e. The van der Waals surface area contributed by atoms with Crippen molar-refractivity contribution in [3.8, 4) is 0 Å². The molecule has 1 aliphatic rings. The molecule has 1 saturated carbocycles. The van der Waals surface area contributed by atoms with Gasteiger partial charge in [0.15, 0.2) is 0 Å². The minimum atomic E-state index is -0.867. The lowest BCUT2D eigenvalue weighted by Gasteiger charge is -2.22. The number of carbonyl (C=O) groups is 1. The Morgan fingerprint density at radius 3 is 2.61 bits per heavy atom. The fourth-order valence-corrected chi connectivity index (χ4v) is 2.78. The SMILES string of the molecule is Cc1cc(C(=O)O)ccc1NC(C)C1CCCC1. The summed E-state index contributed by atoms with van der Waals surface area (Å²) >= 11 is 0. The van der Waals surface area contributed by atoms with Crippen molar-refractivity contribution in [2.45, 2.75) is 45.6 Å². The lowest BCUT2D eigenvalue weighted by molar-refractivity contribution is 0.0697. The van der Waals surface area contributed by atoms with Crippen LogP contribution in [0.5, 0.6) is 0 Å². The Labute approximate surface area is 108 Å². The highest BCUT2D eigenvalue weighted by Crippen LogP contribution is 2.30. The van der Waals surface area contributed by atoms with E-state index in [0.717, 1.165) is 17.2 Å². The van der Waals surface area contributed by atoms with Crippen LogP contribution in [0, 0.1) is 12.8 Å². The molecule has 1 fully saturated rings. The molecule has 98 valence electrons. The van der Waals surface area contributed by atoms with Gasteiger partial charge in [0, 0.05) is 11.7 Å². The molecular weight excluding hydrogens is 226 g/mol. The smallest absolute Gasteiger partial charge is 0.335 e. The minimum absolute atomic E-state index is 0.353. The van der Waals surface area contributed by atoms with Gasteiger partial charge in [-0.3, -0.25) is 0 Å². The highest BCUT2D eigenvalue weighted by Gasteiger charge is 2.21. The van der Waals surface area contributed by atoms with Crippen LogP contribution in [0.3, 0.4) is 0 Å². The van der Waals surface area contributed by atoms with Crippen LogP contribution < -0.4 is 5.32 Å². The zero-order chi connectivity index (χ0) is 13.1. The minimum Gasteiger partial charge on any atom is -0.478 e. The number of hydrogen-bond donors (Lipinski definition) is 2. The van der Waals surface area contributed by atoms with Crippen molar-refractivity contribution in [1.29, 1.82) is 0 Å². The van der Waals surface area contributed by atoms with Gasteiger partial charge < -0.3 is 10.4 Å². The summed E-state index contributed by atoms with van der Waals surface area (Å²) in [5, 5.41) is 12.5. The summed E-state index contributed by atoms with van der Waals surface area (Å²) in [5.41, 5.74) is 2.41. The highest BCUT2D eigenvalue weighted by molar-refractivity contribution is 5.88. The van der Waals surface area contributed by atoms with Gasteiger partial charge in [0.25, 0.3) is 0 Å². The molecule has 0 radical (unpaired) electrons. The molecule has 3 nitrogen and oxygen atoms in total. The number of aromatic carboxylic acids is 1. The maximum Gasteiger partial charge on any atom is 0.335 e. The molecule has 2 N–H and O–H groups in total. The van der Waals surface area contributed by atoms with Crippen LogP contribution in [0.2, 0.25) is 0 Å². The van der Waals surface area contributed by atoms with Crippen molar-refractivity contribution in [3.63, 3.8) is 0 Å². The van der Waals surface area contributed by atoms with Crippen molar-refractivity contribution < 1.29 is 9.90 Å². The molecular formula is C15H21NO2. The topological polar surface area (TPSA) is 49.3 Å². The summed E-state index contributed by atoms with van der Waals surface area (Å²) in [6, 6.07) is 5.73. The number of carboxylic acids is 1. The van der Waals surface area contributed by atoms with Crippen LogP contribution in [0.1, 0.15) is 48.5 Å². The summed E-state index contributed by atoms with van der Waals surface area (Å²) in [7, 11) is 0. The Hall–Kier alpha value is -1.51. The standard InChI is InChI=1S/C15H21NO2/c1-10-9-13(15(17)18)7-8-14(10)16-11(2)12-5-3-4-6-12/h7-9,11-12,16H,3-6H2,1-2H3,(H,17,18). The van der Waals surface area contributed by atoms with E-state index in [1.54, 1.807) is 12.1 Å². The van der Waals surface area contributed by atoms with E-state index in [-0.39, 0.29) is 0 Å². The van der Waals surface area contributed by atoms with Crippen molar-refractivity contribution in [3.05, 3.63) is 29.3 Å². The Bertz CT molecular complexity index is 436. The lowest BCUT2D eigenvalue weighted by atomic mass is 9.99. The average molecular weight is 247 g/mol. The van der Waals surface area contributed by atoms with E-state index in [2.05, 4.69) is 12.2 Å². The van der Waals surface area contributed by atoms with Crippen LogP contribution in [-0.2, 0) is 0 Å². The van der Waals surface area contributed by atoms with Crippen molar-refractivity contribution in [1.82, 2.24) is 0 Å². The molecule has 0 heterocycles. The molecule has 18 heavy (non-hydrogen) atoms. The molecule has 0 saturated heterocycles. The molecule has 0 aliphatic heterocycles. The van der Waals surface area contributed by atoms with Gasteiger partial charge in [-0.2, -0.15) is 0 Å². The second-order valence-corrected chi connectivity index (χ2v) is 5.31. The van der Waals surface area contributed by atoms with E-state index in [1.165, 1.54) is 25.7 Å².